The summed E-state index contributed by atoms with van der Waals surface area (Å²) in [5.41, 5.74) is 0. The molecule has 2 aliphatic heterocycles. The van der Waals surface area contributed by atoms with Crippen molar-refractivity contribution in [1.82, 2.24) is 0 Å². The predicted molar refractivity (Wildman–Crippen MR) is 279 cm³/mol. The van der Waals surface area contributed by atoms with E-state index in [1.54, 1.807) is 0 Å². The van der Waals surface area contributed by atoms with Gasteiger partial charge in [-0.25, -0.2) is 0 Å². The molecule has 2 aliphatic rings. The van der Waals surface area contributed by atoms with E-state index in [0.717, 1.165) is 64.2 Å². The van der Waals surface area contributed by atoms with Crippen LogP contribution < -0.4 is 0 Å². The Kier molecular flexibility index (Phi) is 38.3. The summed E-state index contributed by atoms with van der Waals surface area (Å²) in [6.07, 6.45) is 37.3. The van der Waals surface area contributed by atoms with Crippen LogP contribution in [0.25, 0.3) is 0 Å². The van der Waals surface area contributed by atoms with Gasteiger partial charge in [-0.1, -0.05) is 150 Å². The van der Waals surface area contributed by atoms with E-state index < -0.39 is 99.3 Å². The van der Waals surface area contributed by atoms with Crippen LogP contribution in [0.2, 0.25) is 0 Å². The Morgan fingerprint density at radius 1 is 0.458 bits per heavy atom. The number of aliphatic hydroxyl groups excluding tert-OH is 7. The molecular formula is C57H92O15. The summed E-state index contributed by atoms with van der Waals surface area (Å²) in [6.45, 7) is 2.35. The molecular weight excluding hydrogens is 925 g/mol. The van der Waals surface area contributed by atoms with Gasteiger partial charge in [0.15, 0.2) is 18.7 Å². The fourth-order valence-corrected chi connectivity index (χ4v) is 7.67. The first-order valence-electron chi connectivity index (χ1n) is 26.8. The van der Waals surface area contributed by atoms with E-state index in [0.29, 0.717) is 19.3 Å². The fraction of sp³-hybridized carbons (Fsp3) is 0.684. The van der Waals surface area contributed by atoms with E-state index in [4.69, 9.17) is 28.4 Å². The van der Waals surface area contributed by atoms with E-state index in [2.05, 4.69) is 105 Å². The molecule has 0 aromatic heterocycles. The number of allylic oxidation sites excluding steroid dienone is 16. The Bertz CT molecular complexity index is 1620. The summed E-state index contributed by atoms with van der Waals surface area (Å²) in [5.74, 6) is -1.05. The van der Waals surface area contributed by atoms with E-state index in [-0.39, 0.29) is 19.4 Å². The van der Waals surface area contributed by atoms with Crippen LogP contribution in [-0.4, -0.2) is 142 Å². The first-order valence-corrected chi connectivity index (χ1v) is 26.8. The number of aliphatic hydroxyl groups is 7. The minimum Gasteiger partial charge on any atom is -0.462 e. The van der Waals surface area contributed by atoms with Crippen molar-refractivity contribution < 1.29 is 73.8 Å². The van der Waals surface area contributed by atoms with Crippen LogP contribution in [0.4, 0.5) is 0 Å². The molecule has 2 heterocycles. The monoisotopic (exact) mass is 1020 g/mol. The van der Waals surface area contributed by atoms with Crippen LogP contribution in [0.3, 0.4) is 0 Å². The summed E-state index contributed by atoms with van der Waals surface area (Å²) in [7, 11) is 0. The maximum atomic E-state index is 13.0. The van der Waals surface area contributed by atoms with Gasteiger partial charge in [0.1, 0.15) is 55.4 Å². The normalized spacial score (nSPS) is 25.8. The number of hydrogen-bond acceptors (Lipinski definition) is 15. The molecule has 15 nitrogen and oxygen atoms in total. The molecule has 15 heteroatoms. The van der Waals surface area contributed by atoms with Crippen molar-refractivity contribution in [3.05, 3.63) is 97.2 Å². The van der Waals surface area contributed by atoms with Gasteiger partial charge in [-0.15, -0.1) is 0 Å². The number of carbonyl (C=O) groups excluding carboxylic acids is 2. The van der Waals surface area contributed by atoms with Crippen molar-refractivity contribution in [2.75, 3.05) is 26.4 Å². The molecule has 2 saturated heterocycles. The first-order chi connectivity index (χ1) is 35.0. The molecule has 2 fully saturated rings. The topological polar surface area (TPSA) is 231 Å². The first kappa shape index (κ1) is 64.5. The van der Waals surface area contributed by atoms with E-state index >= 15 is 0 Å². The number of carbonyl (C=O) groups is 2. The number of ether oxygens (including phenoxy) is 6. The average molecular weight is 1020 g/mol. The summed E-state index contributed by atoms with van der Waals surface area (Å²) >= 11 is 0. The van der Waals surface area contributed by atoms with Gasteiger partial charge in [0.25, 0.3) is 0 Å². The number of hydrogen-bond donors (Lipinski definition) is 7. The molecule has 0 spiro atoms. The summed E-state index contributed by atoms with van der Waals surface area (Å²) < 4.78 is 33.5. The summed E-state index contributed by atoms with van der Waals surface area (Å²) in [6, 6.07) is 0. The van der Waals surface area contributed by atoms with Crippen molar-refractivity contribution in [3.8, 4) is 0 Å². The van der Waals surface area contributed by atoms with Crippen LogP contribution in [0.15, 0.2) is 97.2 Å². The highest BCUT2D eigenvalue weighted by Crippen LogP contribution is 2.26. The minimum atomic E-state index is -1.79. The Hall–Kier alpha value is -3.58. The Morgan fingerprint density at radius 2 is 0.889 bits per heavy atom. The second-order valence-corrected chi connectivity index (χ2v) is 18.3. The van der Waals surface area contributed by atoms with Crippen molar-refractivity contribution in [1.29, 1.82) is 0 Å². The molecule has 4 unspecified atom stereocenters. The number of esters is 2. The van der Waals surface area contributed by atoms with E-state index in [1.807, 2.05) is 6.08 Å². The highest BCUT2D eigenvalue weighted by molar-refractivity contribution is 5.70. The van der Waals surface area contributed by atoms with Crippen molar-refractivity contribution >= 4 is 11.9 Å². The largest absolute Gasteiger partial charge is 0.462 e. The van der Waals surface area contributed by atoms with Crippen LogP contribution >= 0.6 is 0 Å². The average Bonchev–Trinajstić information content (AvgIpc) is 3.37. The second kappa shape index (κ2) is 42.7. The van der Waals surface area contributed by atoms with Gasteiger partial charge in [0, 0.05) is 12.8 Å². The van der Waals surface area contributed by atoms with Gasteiger partial charge >= 0.3 is 11.9 Å². The quantitative estimate of drug-likeness (QED) is 0.0174. The van der Waals surface area contributed by atoms with Gasteiger partial charge < -0.3 is 64.2 Å². The molecule has 0 radical (unpaired) electrons. The van der Waals surface area contributed by atoms with E-state index in [1.165, 1.54) is 44.9 Å². The lowest BCUT2D eigenvalue weighted by Gasteiger charge is -2.42. The van der Waals surface area contributed by atoms with Crippen LogP contribution in [0.5, 0.6) is 0 Å². The maximum Gasteiger partial charge on any atom is 0.306 e. The zero-order valence-corrected chi connectivity index (χ0v) is 43.4. The van der Waals surface area contributed by atoms with Gasteiger partial charge in [-0.05, 0) is 89.9 Å². The molecule has 72 heavy (non-hydrogen) atoms. The van der Waals surface area contributed by atoms with Gasteiger partial charge in [-0.3, -0.25) is 9.59 Å². The second-order valence-electron chi connectivity index (χ2n) is 18.3. The minimum absolute atomic E-state index is 0.0953. The molecule has 0 bridgehead atoms. The standard InChI is InChI=1S/C57H92O15/c1-3-5-7-9-11-13-15-17-19-20-21-22-23-24-26-27-29-31-33-35-37-39-48(59)67-42-45(70-49(60)40-38-36-34-32-30-28-25-18-16-14-12-10-8-6-4-2)43-68-56-55(66)53(64)51(62)47(72-56)44-69-57-54(65)52(63)50(61)46(41-58)71-57/h6,8,12,14,18-20,22-23,25-27,30-33,45-47,50-58,61-66H,3-5,7,9-11,13,15-17,21,24,28-29,34-44H2,1-2H3/b8-6+,14-12+,20-19+,23-22+,25-18+,27-26+,32-30+,33-31+/t45-,46+,47+,50-,51-,52?,53?,54?,55?,56+,57+/m0/s1. The Labute approximate surface area is 430 Å². The van der Waals surface area contributed by atoms with Crippen molar-refractivity contribution in [2.24, 2.45) is 0 Å². The van der Waals surface area contributed by atoms with Gasteiger partial charge in [0.2, 0.25) is 0 Å². The van der Waals surface area contributed by atoms with E-state index in [9.17, 15) is 45.3 Å². The third-order valence-electron chi connectivity index (χ3n) is 12.0. The van der Waals surface area contributed by atoms with Gasteiger partial charge in [0.05, 0.1) is 19.8 Å². The SMILES string of the molecule is CC/C=C/C/C=C/C/C=C/C/C=C/CCCCC(=O)O[C@@H](COC(=O)CCC/C=C/C/C=C/C/C=C/C/C=C/CCCCCCCCC)CO[C@@H]1O[C@H](CO[C@@H]2O[C@H](CO)[C@H](O)C(O)C2O)[C@H](O)C(O)C1O. The van der Waals surface area contributed by atoms with Crippen molar-refractivity contribution in [2.45, 2.75) is 223 Å². The lowest BCUT2D eigenvalue weighted by Crippen LogP contribution is -2.61. The molecule has 11 atom stereocenters. The predicted octanol–water partition coefficient (Wildman–Crippen LogP) is 8.15. The molecule has 0 aromatic carbocycles. The van der Waals surface area contributed by atoms with Crippen LogP contribution in [0, 0.1) is 0 Å². The Balaban J connectivity index is 1.83. The highest BCUT2D eigenvalue weighted by atomic mass is 16.7. The Morgan fingerprint density at radius 3 is 1.42 bits per heavy atom. The fourth-order valence-electron chi connectivity index (χ4n) is 7.67. The molecule has 0 aromatic rings. The van der Waals surface area contributed by atoms with Crippen LogP contribution in [-0.2, 0) is 38.0 Å². The summed E-state index contributed by atoms with van der Waals surface area (Å²) in [4.78, 5) is 25.8. The molecule has 410 valence electrons. The molecule has 7 N–H and O–H groups in total. The number of unbranched alkanes of at least 4 members (excludes halogenated alkanes) is 10. The smallest absolute Gasteiger partial charge is 0.306 e. The van der Waals surface area contributed by atoms with Gasteiger partial charge in [-0.2, -0.15) is 0 Å². The third kappa shape index (κ3) is 30.0. The lowest BCUT2D eigenvalue weighted by atomic mass is 9.98. The zero-order valence-electron chi connectivity index (χ0n) is 43.4. The van der Waals surface area contributed by atoms with Crippen LogP contribution in [0.1, 0.15) is 155 Å². The molecule has 2 rings (SSSR count). The molecule has 0 amide bonds. The summed E-state index contributed by atoms with van der Waals surface area (Å²) in [5, 5.41) is 72.1. The highest BCUT2D eigenvalue weighted by Gasteiger charge is 2.47. The third-order valence-corrected chi connectivity index (χ3v) is 12.0. The molecule has 0 aliphatic carbocycles. The lowest BCUT2D eigenvalue weighted by molar-refractivity contribution is -0.332. The maximum absolute atomic E-state index is 13.0. The molecule has 0 saturated carbocycles. The zero-order chi connectivity index (χ0) is 52.4. The number of rotatable bonds is 40. The van der Waals surface area contributed by atoms with Crippen molar-refractivity contribution in [3.63, 3.8) is 0 Å².